The Bertz CT molecular complexity index is 817. The Labute approximate surface area is 173 Å². The number of carbonyl (C=O) groups excluding carboxylic acids is 1. The minimum atomic E-state index is -0.114. The number of rotatable bonds is 2. The van der Waals surface area contributed by atoms with Crippen molar-refractivity contribution in [1.29, 1.82) is 0 Å². The summed E-state index contributed by atoms with van der Waals surface area (Å²) in [6.45, 7) is 9.65. The molecule has 6 heteroatoms. The molecule has 0 atom stereocenters. The summed E-state index contributed by atoms with van der Waals surface area (Å²) in [5.74, 6) is 2.38. The molecule has 0 aliphatic carbocycles. The van der Waals surface area contributed by atoms with Gasteiger partial charge in [-0.25, -0.2) is 4.98 Å². The van der Waals surface area contributed by atoms with E-state index in [0.717, 1.165) is 42.4 Å². The van der Waals surface area contributed by atoms with Crippen LogP contribution < -0.4 is 5.32 Å². The molecule has 2 aliphatic rings. The Kier molecular flexibility index (Phi) is 6.15. The summed E-state index contributed by atoms with van der Waals surface area (Å²) in [5.41, 5.74) is 2.90. The number of nitrogens with one attached hydrogen (secondary N) is 1. The van der Waals surface area contributed by atoms with Gasteiger partial charge in [0, 0.05) is 23.9 Å². The predicted octanol–water partition coefficient (Wildman–Crippen LogP) is 4.06. The number of amides is 1. The van der Waals surface area contributed by atoms with E-state index in [-0.39, 0.29) is 23.7 Å². The van der Waals surface area contributed by atoms with Crippen LogP contribution in [0.15, 0.2) is 28.7 Å². The van der Waals surface area contributed by atoms with Gasteiger partial charge in [-0.05, 0) is 49.5 Å². The Hall–Kier alpha value is -1.85. The van der Waals surface area contributed by atoms with Crippen molar-refractivity contribution in [3.05, 3.63) is 52.7 Å². The lowest BCUT2D eigenvalue weighted by molar-refractivity contribution is 0.0727. The zero-order valence-corrected chi connectivity index (χ0v) is 17.8. The van der Waals surface area contributed by atoms with Gasteiger partial charge in [-0.15, -0.1) is 12.4 Å². The highest BCUT2D eigenvalue weighted by Crippen LogP contribution is 2.29. The third-order valence-electron chi connectivity index (χ3n) is 5.62. The molecule has 0 radical (unpaired) electrons. The van der Waals surface area contributed by atoms with Crippen LogP contribution in [0, 0.1) is 0 Å². The first-order chi connectivity index (χ1) is 12.9. The van der Waals surface area contributed by atoms with Gasteiger partial charge in [0.05, 0.1) is 6.54 Å². The number of fused-ring (bicyclic) bond motifs is 1. The molecule has 1 aromatic heterocycles. The summed E-state index contributed by atoms with van der Waals surface area (Å²) in [4.78, 5) is 19.5. The van der Waals surface area contributed by atoms with Crippen molar-refractivity contribution in [2.45, 2.75) is 57.9 Å². The van der Waals surface area contributed by atoms with Gasteiger partial charge in [-0.3, -0.25) is 4.79 Å². The van der Waals surface area contributed by atoms with Crippen LogP contribution in [0.1, 0.15) is 72.8 Å². The number of hydrogen-bond donors (Lipinski definition) is 1. The first kappa shape index (κ1) is 20.9. The summed E-state index contributed by atoms with van der Waals surface area (Å²) in [5, 5.41) is 3.40. The van der Waals surface area contributed by atoms with Crippen LogP contribution in [-0.4, -0.2) is 35.4 Å². The van der Waals surface area contributed by atoms with Gasteiger partial charge in [0.2, 0.25) is 0 Å². The molecule has 2 aromatic rings. The summed E-state index contributed by atoms with van der Waals surface area (Å²) in [6.07, 6.45) is 3.08. The van der Waals surface area contributed by atoms with Crippen LogP contribution in [-0.2, 0) is 18.4 Å². The number of nitrogens with zero attached hydrogens (tertiary/aromatic N) is 2. The summed E-state index contributed by atoms with van der Waals surface area (Å²) in [6, 6.07) is 8.23. The minimum Gasteiger partial charge on any atom is -0.445 e. The lowest BCUT2D eigenvalue weighted by atomic mass is 9.90. The number of aromatic nitrogens is 1. The Morgan fingerprint density at radius 2 is 1.86 bits per heavy atom. The molecule has 2 aliphatic heterocycles. The van der Waals surface area contributed by atoms with Crippen LogP contribution in [0.25, 0.3) is 0 Å². The fourth-order valence-electron chi connectivity index (χ4n) is 3.93. The number of oxazole rings is 1. The van der Waals surface area contributed by atoms with Crippen molar-refractivity contribution >= 4 is 18.3 Å². The summed E-state index contributed by atoms with van der Waals surface area (Å²) in [7, 11) is 0. The maximum Gasteiger partial charge on any atom is 0.254 e. The fraction of sp³-hybridized carbons (Fsp3) is 0.545. The number of hydrogen-bond acceptors (Lipinski definition) is 4. The smallest absolute Gasteiger partial charge is 0.254 e. The van der Waals surface area contributed by atoms with Gasteiger partial charge in [0.25, 0.3) is 5.91 Å². The van der Waals surface area contributed by atoms with Crippen LogP contribution in [0.2, 0.25) is 0 Å². The van der Waals surface area contributed by atoms with Crippen LogP contribution in [0.5, 0.6) is 0 Å². The van der Waals surface area contributed by atoms with Crippen LogP contribution in [0.3, 0.4) is 0 Å². The number of carbonyl (C=O) groups is 1. The lowest BCUT2D eigenvalue weighted by Gasteiger charge is -2.26. The highest BCUT2D eigenvalue weighted by atomic mass is 35.5. The van der Waals surface area contributed by atoms with Crippen molar-refractivity contribution < 1.29 is 9.21 Å². The Morgan fingerprint density at radius 1 is 1.18 bits per heavy atom. The van der Waals surface area contributed by atoms with E-state index in [1.54, 1.807) is 0 Å². The summed E-state index contributed by atoms with van der Waals surface area (Å²) < 4.78 is 5.93. The van der Waals surface area contributed by atoms with Gasteiger partial charge in [-0.1, -0.05) is 32.9 Å². The molecular weight excluding hydrogens is 374 g/mol. The maximum absolute atomic E-state index is 13.0. The zero-order chi connectivity index (χ0) is 19.0. The topological polar surface area (TPSA) is 58.4 Å². The SMILES string of the molecule is CC(C)(C)c1nc2c(o1)CCN(C(=O)c1ccc(C3CCNCC3)cc1)C2.Cl. The Balaban J connectivity index is 0.00000225. The standard InChI is InChI=1S/C22H29N3O2.ClH/c1-22(2,3)21-24-18-14-25(13-10-19(18)27-21)20(26)17-6-4-15(5-7-17)16-8-11-23-12-9-16;/h4-7,16,23H,8-14H2,1-3H3;1H. The van der Waals surface area contributed by atoms with Crippen molar-refractivity contribution in [2.75, 3.05) is 19.6 Å². The molecule has 1 fully saturated rings. The molecule has 5 nitrogen and oxygen atoms in total. The highest BCUT2D eigenvalue weighted by molar-refractivity contribution is 5.94. The summed E-state index contributed by atoms with van der Waals surface area (Å²) >= 11 is 0. The van der Waals surface area contributed by atoms with Gasteiger partial charge in [-0.2, -0.15) is 0 Å². The molecule has 1 amide bonds. The van der Waals surface area contributed by atoms with Gasteiger partial charge in [0.1, 0.15) is 11.5 Å². The second kappa shape index (κ2) is 8.26. The Morgan fingerprint density at radius 3 is 2.50 bits per heavy atom. The average molecular weight is 404 g/mol. The molecule has 0 unspecified atom stereocenters. The first-order valence-corrected chi connectivity index (χ1v) is 10.0. The normalized spacial score (nSPS) is 17.8. The van der Waals surface area contributed by atoms with E-state index in [9.17, 15) is 4.79 Å². The molecule has 152 valence electrons. The number of benzene rings is 1. The predicted molar refractivity (Wildman–Crippen MR) is 112 cm³/mol. The van der Waals surface area contributed by atoms with Crippen LogP contribution in [0.4, 0.5) is 0 Å². The van der Waals surface area contributed by atoms with Gasteiger partial charge >= 0.3 is 0 Å². The van der Waals surface area contributed by atoms with Gasteiger partial charge in [0.15, 0.2) is 5.89 Å². The zero-order valence-electron chi connectivity index (χ0n) is 17.0. The fourth-order valence-corrected chi connectivity index (χ4v) is 3.93. The van der Waals surface area contributed by atoms with Crippen molar-refractivity contribution in [3.63, 3.8) is 0 Å². The first-order valence-electron chi connectivity index (χ1n) is 10.0. The van der Waals surface area contributed by atoms with E-state index in [1.807, 2.05) is 17.0 Å². The number of piperidine rings is 1. The largest absolute Gasteiger partial charge is 0.445 e. The highest BCUT2D eigenvalue weighted by Gasteiger charge is 2.29. The molecule has 0 bridgehead atoms. The molecule has 1 aromatic carbocycles. The third-order valence-corrected chi connectivity index (χ3v) is 5.62. The third kappa shape index (κ3) is 4.26. The maximum atomic E-state index is 13.0. The molecule has 1 saturated heterocycles. The van der Waals surface area contributed by atoms with Crippen molar-refractivity contribution in [2.24, 2.45) is 0 Å². The van der Waals surface area contributed by atoms with Crippen LogP contribution >= 0.6 is 12.4 Å². The monoisotopic (exact) mass is 403 g/mol. The van der Waals surface area contributed by atoms with Gasteiger partial charge < -0.3 is 14.6 Å². The van der Waals surface area contributed by atoms with Crippen molar-refractivity contribution in [3.8, 4) is 0 Å². The molecule has 3 heterocycles. The molecule has 0 saturated carbocycles. The molecular formula is C22H30ClN3O2. The molecule has 4 rings (SSSR count). The van der Waals surface area contributed by atoms with E-state index >= 15 is 0 Å². The molecule has 1 N–H and O–H groups in total. The van der Waals surface area contributed by atoms with E-state index in [4.69, 9.17) is 4.42 Å². The number of halogens is 1. The average Bonchev–Trinajstić information content (AvgIpc) is 3.12. The molecule has 0 spiro atoms. The lowest BCUT2D eigenvalue weighted by Crippen LogP contribution is -2.35. The van der Waals surface area contributed by atoms with E-state index < -0.39 is 0 Å². The second-order valence-corrected chi connectivity index (χ2v) is 8.76. The van der Waals surface area contributed by atoms with Crippen molar-refractivity contribution in [1.82, 2.24) is 15.2 Å². The minimum absolute atomic E-state index is 0. The van der Waals surface area contributed by atoms with E-state index in [2.05, 4.69) is 43.2 Å². The second-order valence-electron chi connectivity index (χ2n) is 8.76. The van der Waals surface area contributed by atoms with E-state index in [0.29, 0.717) is 19.0 Å². The van der Waals surface area contributed by atoms with E-state index in [1.165, 1.54) is 18.4 Å². The quantitative estimate of drug-likeness (QED) is 0.821. The molecule has 28 heavy (non-hydrogen) atoms.